The standard InChI is InChI=1S/C19H30N4O3/c1-4-15(2)20-18(24)13-22-8-10-23(11-9-22)14-19(25)21-16-6-5-7-17(12-16)26-3/h5-7,12,15H,4,8-11,13-14H2,1-3H3,(H,20,24)(H,21,25). The number of amides is 2. The first-order valence-corrected chi connectivity index (χ1v) is 9.18. The zero-order chi connectivity index (χ0) is 18.9. The van der Waals surface area contributed by atoms with Gasteiger partial charge in [-0.1, -0.05) is 13.0 Å². The summed E-state index contributed by atoms with van der Waals surface area (Å²) in [6, 6.07) is 7.54. The quantitative estimate of drug-likeness (QED) is 0.726. The average molecular weight is 362 g/mol. The molecule has 0 saturated carbocycles. The fourth-order valence-electron chi connectivity index (χ4n) is 2.84. The molecule has 1 unspecified atom stereocenters. The molecule has 2 rings (SSSR count). The maximum atomic E-state index is 12.2. The van der Waals surface area contributed by atoms with Gasteiger partial charge in [-0.3, -0.25) is 19.4 Å². The van der Waals surface area contributed by atoms with Gasteiger partial charge in [0.25, 0.3) is 0 Å². The maximum Gasteiger partial charge on any atom is 0.238 e. The highest BCUT2D eigenvalue weighted by atomic mass is 16.5. The second kappa shape index (κ2) is 10.1. The summed E-state index contributed by atoms with van der Waals surface area (Å²) in [4.78, 5) is 28.4. The lowest BCUT2D eigenvalue weighted by Gasteiger charge is -2.34. The van der Waals surface area contributed by atoms with Gasteiger partial charge in [0.15, 0.2) is 0 Å². The smallest absolute Gasteiger partial charge is 0.238 e. The van der Waals surface area contributed by atoms with Gasteiger partial charge in [-0.15, -0.1) is 0 Å². The monoisotopic (exact) mass is 362 g/mol. The lowest BCUT2D eigenvalue weighted by atomic mass is 10.2. The van der Waals surface area contributed by atoms with E-state index in [0.717, 1.165) is 38.3 Å². The third-order valence-corrected chi connectivity index (χ3v) is 4.57. The number of anilines is 1. The second-order valence-electron chi connectivity index (χ2n) is 6.71. The van der Waals surface area contributed by atoms with Crippen LogP contribution in [0.4, 0.5) is 5.69 Å². The van der Waals surface area contributed by atoms with Crippen molar-refractivity contribution in [2.24, 2.45) is 0 Å². The number of nitrogens with one attached hydrogen (secondary N) is 2. The molecule has 1 atom stereocenters. The molecule has 0 bridgehead atoms. The van der Waals surface area contributed by atoms with Crippen LogP contribution in [0.3, 0.4) is 0 Å². The van der Waals surface area contributed by atoms with E-state index in [0.29, 0.717) is 18.8 Å². The number of rotatable bonds is 8. The molecule has 1 aromatic carbocycles. The van der Waals surface area contributed by atoms with Crippen molar-refractivity contribution in [1.82, 2.24) is 15.1 Å². The van der Waals surface area contributed by atoms with Crippen LogP contribution in [0.25, 0.3) is 0 Å². The van der Waals surface area contributed by atoms with Crippen molar-refractivity contribution in [3.05, 3.63) is 24.3 Å². The van der Waals surface area contributed by atoms with Gasteiger partial charge in [0, 0.05) is 44.0 Å². The van der Waals surface area contributed by atoms with Crippen LogP contribution in [0.15, 0.2) is 24.3 Å². The summed E-state index contributed by atoms with van der Waals surface area (Å²) in [6.07, 6.45) is 0.932. The maximum absolute atomic E-state index is 12.2. The largest absolute Gasteiger partial charge is 0.497 e. The Morgan fingerprint density at radius 1 is 1.12 bits per heavy atom. The van der Waals surface area contributed by atoms with Crippen LogP contribution in [0.1, 0.15) is 20.3 Å². The van der Waals surface area contributed by atoms with Crippen molar-refractivity contribution < 1.29 is 14.3 Å². The summed E-state index contributed by atoms with van der Waals surface area (Å²) < 4.78 is 5.16. The Kier molecular flexibility index (Phi) is 7.87. The minimum absolute atomic E-state index is 0.0405. The molecule has 7 nitrogen and oxygen atoms in total. The predicted octanol–water partition coefficient (Wildman–Crippen LogP) is 1.17. The SMILES string of the molecule is CCC(C)NC(=O)CN1CCN(CC(=O)Nc2cccc(OC)c2)CC1. The molecule has 1 fully saturated rings. The van der Waals surface area contributed by atoms with Gasteiger partial charge >= 0.3 is 0 Å². The van der Waals surface area contributed by atoms with Gasteiger partial charge in [-0.05, 0) is 25.5 Å². The normalized spacial score (nSPS) is 16.7. The number of hydrogen-bond acceptors (Lipinski definition) is 5. The van der Waals surface area contributed by atoms with Crippen molar-refractivity contribution in [2.45, 2.75) is 26.3 Å². The number of piperazine rings is 1. The molecule has 0 radical (unpaired) electrons. The molecule has 0 aromatic heterocycles. The molecule has 2 amide bonds. The van der Waals surface area contributed by atoms with Crippen molar-refractivity contribution in [1.29, 1.82) is 0 Å². The number of nitrogens with zero attached hydrogens (tertiary/aromatic N) is 2. The fraction of sp³-hybridized carbons (Fsp3) is 0.579. The van der Waals surface area contributed by atoms with E-state index < -0.39 is 0 Å². The summed E-state index contributed by atoms with van der Waals surface area (Å²) in [6.45, 7) is 7.99. The minimum atomic E-state index is -0.0405. The Morgan fingerprint density at radius 2 is 1.73 bits per heavy atom. The Labute approximate surface area is 155 Å². The van der Waals surface area contributed by atoms with E-state index >= 15 is 0 Å². The first kappa shape index (κ1) is 20.2. The predicted molar refractivity (Wildman–Crippen MR) is 102 cm³/mol. The van der Waals surface area contributed by atoms with E-state index in [1.807, 2.05) is 25.1 Å². The first-order valence-electron chi connectivity index (χ1n) is 9.18. The van der Waals surface area contributed by atoms with E-state index in [1.165, 1.54) is 0 Å². The van der Waals surface area contributed by atoms with E-state index in [-0.39, 0.29) is 17.9 Å². The van der Waals surface area contributed by atoms with Crippen LogP contribution >= 0.6 is 0 Å². The molecule has 144 valence electrons. The van der Waals surface area contributed by atoms with Gasteiger partial charge < -0.3 is 15.4 Å². The average Bonchev–Trinajstić information content (AvgIpc) is 2.63. The van der Waals surface area contributed by atoms with Crippen molar-refractivity contribution in [3.63, 3.8) is 0 Å². The molecule has 0 aliphatic carbocycles. The topological polar surface area (TPSA) is 73.9 Å². The molecular weight excluding hydrogens is 332 g/mol. The Morgan fingerprint density at radius 3 is 2.31 bits per heavy atom. The van der Waals surface area contributed by atoms with Crippen molar-refractivity contribution >= 4 is 17.5 Å². The highest BCUT2D eigenvalue weighted by molar-refractivity contribution is 5.92. The number of hydrogen-bond donors (Lipinski definition) is 2. The number of ether oxygens (including phenoxy) is 1. The molecular formula is C19H30N4O3. The van der Waals surface area contributed by atoms with Crippen LogP contribution in [-0.4, -0.2) is 74.0 Å². The Bertz CT molecular complexity index is 600. The molecule has 1 saturated heterocycles. The van der Waals surface area contributed by atoms with Gasteiger partial charge in [-0.2, -0.15) is 0 Å². The third kappa shape index (κ3) is 6.65. The fourth-order valence-corrected chi connectivity index (χ4v) is 2.84. The number of carbonyl (C=O) groups excluding carboxylic acids is 2. The highest BCUT2D eigenvalue weighted by Gasteiger charge is 2.21. The van der Waals surface area contributed by atoms with E-state index in [4.69, 9.17) is 4.74 Å². The molecule has 1 aliphatic rings. The zero-order valence-corrected chi connectivity index (χ0v) is 16.0. The highest BCUT2D eigenvalue weighted by Crippen LogP contribution is 2.16. The van der Waals surface area contributed by atoms with E-state index in [9.17, 15) is 9.59 Å². The summed E-state index contributed by atoms with van der Waals surface area (Å²) in [5.41, 5.74) is 0.731. The lowest BCUT2D eigenvalue weighted by Crippen LogP contribution is -2.51. The van der Waals surface area contributed by atoms with Crippen LogP contribution in [0.2, 0.25) is 0 Å². The number of benzene rings is 1. The zero-order valence-electron chi connectivity index (χ0n) is 16.0. The van der Waals surface area contributed by atoms with Gasteiger partial charge in [-0.25, -0.2) is 0 Å². The molecule has 26 heavy (non-hydrogen) atoms. The van der Waals surface area contributed by atoms with E-state index in [1.54, 1.807) is 13.2 Å². The van der Waals surface area contributed by atoms with Crippen molar-refractivity contribution in [3.8, 4) is 5.75 Å². The first-order chi connectivity index (χ1) is 12.5. The second-order valence-corrected chi connectivity index (χ2v) is 6.71. The van der Waals surface area contributed by atoms with Crippen LogP contribution in [0.5, 0.6) is 5.75 Å². The minimum Gasteiger partial charge on any atom is -0.497 e. The molecule has 1 heterocycles. The summed E-state index contributed by atoms with van der Waals surface area (Å²) in [5, 5.41) is 5.89. The van der Waals surface area contributed by atoms with Gasteiger partial charge in [0.1, 0.15) is 5.75 Å². The van der Waals surface area contributed by atoms with Gasteiger partial charge in [0.2, 0.25) is 11.8 Å². The van der Waals surface area contributed by atoms with Crippen LogP contribution in [-0.2, 0) is 9.59 Å². The molecule has 1 aromatic rings. The molecule has 1 aliphatic heterocycles. The van der Waals surface area contributed by atoms with E-state index in [2.05, 4.69) is 27.4 Å². The summed E-state index contributed by atoms with van der Waals surface area (Å²) in [7, 11) is 1.60. The van der Waals surface area contributed by atoms with Crippen LogP contribution < -0.4 is 15.4 Å². The lowest BCUT2D eigenvalue weighted by molar-refractivity contribution is -0.124. The molecule has 7 heteroatoms. The van der Waals surface area contributed by atoms with Crippen LogP contribution in [0, 0.1) is 0 Å². The van der Waals surface area contributed by atoms with Crippen molar-refractivity contribution in [2.75, 3.05) is 51.7 Å². The number of methoxy groups -OCH3 is 1. The Hall–Kier alpha value is -2.12. The Balaban J connectivity index is 1.71. The summed E-state index contributed by atoms with van der Waals surface area (Å²) >= 11 is 0. The number of carbonyl (C=O) groups is 2. The third-order valence-electron chi connectivity index (χ3n) is 4.57. The van der Waals surface area contributed by atoms with Gasteiger partial charge in [0.05, 0.1) is 20.2 Å². The molecule has 2 N–H and O–H groups in total. The summed E-state index contributed by atoms with van der Waals surface area (Å²) in [5.74, 6) is 0.747. The molecule has 0 spiro atoms.